The van der Waals surface area contributed by atoms with Gasteiger partial charge in [0.2, 0.25) is 0 Å². The number of nitrogens with zero attached hydrogens (tertiary/aromatic N) is 1. The first kappa shape index (κ1) is 18.1. The maximum Gasteiger partial charge on any atom is 0.167 e. The van der Waals surface area contributed by atoms with Gasteiger partial charge in [-0.15, -0.1) is 0 Å². The van der Waals surface area contributed by atoms with Crippen molar-refractivity contribution >= 4 is 5.78 Å². The summed E-state index contributed by atoms with van der Waals surface area (Å²) in [4.78, 5) is 16.2. The summed E-state index contributed by atoms with van der Waals surface area (Å²) < 4.78 is 0. The molecule has 4 heteroatoms. The van der Waals surface area contributed by atoms with Gasteiger partial charge in [-0.05, 0) is 65.9 Å². The van der Waals surface area contributed by atoms with E-state index in [-0.39, 0.29) is 35.1 Å². The van der Waals surface area contributed by atoms with Gasteiger partial charge in [-0.3, -0.25) is 9.69 Å². The Labute approximate surface area is 162 Å². The molecule has 0 aromatic rings. The van der Waals surface area contributed by atoms with Crippen molar-refractivity contribution in [1.82, 2.24) is 4.90 Å². The van der Waals surface area contributed by atoms with Gasteiger partial charge in [0.1, 0.15) is 0 Å². The van der Waals surface area contributed by atoms with E-state index in [1.165, 1.54) is 6.42 Å². The van der Waals surface area contributed by atoms with Crippen LogP contribution in [0.2, 0.25) is 0 Å². The van der Waals surface area contributed by atoms with Crippen molar-refractivity contribution in [3.63, 3.8) is 0 Å². The molecular weight excluding hydrogens is 338 g/mol. The van der Waals surface area contributed by atoms with Crippen LogP contribution in [0.1, 0.15) is 45.4 Å². The molecule has 2 unspecified atom stereocenters. The van der Waals surface area contributed by atoms with Crippen molar-refractivity contribution < 1.29 is 15.0 Å². The molecule has 5 aliphatic carbocycles. The molecule has 1 heterocycles. The first-order chi connectivity index (χ1) is 12.8. The number of allylic oxidation sites excluding steroid dienone is 1. The number of β-amino-alcohol motifs (C(OH)–C–C–N with tert-alkyl or cyclic N) is 1. The molecule has 4 bridgehead atoms. The van der Waals surface area contributed by atoms with Crippen molar-refractivity contribution in [2.45, 2.75) is 51.6 Å². The maximum absolute atomic E-state index is 13.8. The number of piperidine rings is 1. The summed E-state index contributed by atoms with van der Waals surface area (Å²) in [7, 11) is 0. The Hall–Kier alpha value is -0.970. The van der Waals surface area contributed by atoms with E-state index in [1.807, 2.05) is 0 Å². The van der Waals surface area contributed by atoms with E-state index in [0.29, 0.717) is 12.5 Å². The summed E-state index contributed by atoms with van der Waals surface area (Å²) in [6.07, 6.45) is 5.46. The number of ketones is 1. The van der Waals surface area contributed by atoms with Gasteiger partial charge in [0.15, 0.2) is 5.78 Å². The topological polar surface area (TPSA) is 60.8 Å². The highest BCUT2D eigenvalue weighted by atomic mass is 16.3. The third-order valence-corrected chi connectivity index (χ3v) is 9.35. The van der Waals surface area contributed by atoms with E-state index in [9.17, 15) is 15.0 Å². The van der Waals surface area contributed by atoms with Gasteiger partial charge in [-0.1, -0.05) is 26.5 Å². The molecule has 0 aromatic carbocycles. The third kappa shape index (κ3) is 1.97. The van der Waals surface area contributed by atoms with E-state index in [0.717, 1.165) is 56.3 Å². The summed E-state index contributed by atoms with van der Waals surface area (Å²) >= 11 is 0. The molecule has 5 saturated carbocycles. The lowest BCUT2D eigenvalue weighted by Crippen LogP contribution is -2.74. The van der Waals surface area contributed by atoms with Crippen LogP contribution in [0.4, 0.5) is 0 Å². The van der Waals surface area contributed by atoms with Crippen LogP contribution in [0, 0.1) is 34.0 Å². The lowest BCUT2D eigenvalue weighted by atomic mass is 9.33. The van der Waals surface area contributed by atoms with Gasteiger partial charge < -0.3 is 10.2 Å². The standard InChI is InChI=1S/C23H33NO3/c1-14-16-5-8-23(19(14)26)17(11-16)22-7-4-6-21(3,12-24(13-22)9-10-25)18(22)15(2)20(23)27/h16-19,25-26H,1-2,4-13H2,3H3/t16-,17?,18?,19-,21-,22+,23-/m0/s1. The molecule has 1 aliphatic heterocycles. The van der Waals surface area contributed by atoms with E-state index in [4.69, 9.17) is 0 Å². The van der Waals surface area contributed by atoms with Crippen LogP contribution in [0.25, 0.3) is 0 Å². The molecule has 27 heavy (non-hydrogen) atoms. The van der Waals surface area contributed by atoms with Crippen LogP contribution < -0.4 is 0 Å². The molecule has 6 rings (SSSR count). The van der Waals surface area contributed by atoms with E-state index in [1.54, 1.807) is 0 Å². The normalized spacial score (nSPS) is 51.9. The highest BCUT2D eigenvalue weighted by Crippen LogP contribution is 2.73. The first-order valence-electron chi connectivity index (χ1n) is 10.7. The maximum atomic E-state index is 13.8. The van der Waals surface area contributed by atoms with Crippen LogP contribution in [-0.4, -0.2) is 53.2 Å². The molecule has 1 spiro atoms. The number of Topliss-reactive ketones (excluding diaryl/α,β-unsaturated/α-hetero) is 1. The van der Waals surface area contributed by atoms with Gasteiger partial charge in [-0.2, -0.15) is 0 Å². The minimum Gasteiger partial charge on any atom is -0.395 e. The Balaban J connectivity index is 1.69. The summed E-state index contributed by atoms with van der Waals surface area (Å²) in [6, 6.07) is 0. The first-order valence-corrected chi connectivity index (χ1v) is 10.7. The largest absolute Gasteiger partial charge is 0.395 e. The number of carbonyl (C=O) groups is 1. The molecule has 0 radical (unpaired) electrons. The van der Waals surface area contributed by atoms with Crippen molar-refractivity contribution in [2.75, 3.05) is 26.2 Å². The van der Waals surface area contributed by atoms with Gasteiger partial charge in [0.05, 0.1) is 18.1 Å². The average molecular weight is 372 g/mol. The molecule has 0 amide bonds. The lowest BCUT2D eigenvalue weighted by Gasteiger charge is -2.72. The van der Waals surface area contributed by atoms with E-state index < -0.39 is 11.5 Å². The van der Waals surface area contributed by atoms with Gasteiger partial charge in [0.25, 0.3) is 0 Å². The van der Waals surface area contributed by atoms with Crippen LogP contribution in [0.15, 0.2) is 24.3 Å². The zero-order valence-corrected chi connectivity index (χ0v) is 16.5. The Bertz CT molecular complexity index is 731. The molecule has 7 atom stereocenters. The summed E-state index contributed by atoms with van der Waals surface area (Å²) in [5.74, 6) is 0.927. The number of aliphatic hydroxyl groups excluding tert-OH is 2. The molecule has 1 saturated heterocycles. The fraction of sp³-hybridized carbons (Fsp3) is 0.783. The molecule has 6 aliphatic rings. The lowest BCUT2D eigenvalue weighted by molar-refractivity contribution is -0.214. The van der Waals surface area contributed by atoms with Crippen LogP contribution in [-0.2, 0) is 4.79 Å². The molecule has 4 nitrogen and oxygen atoms in total. The molecule has 148 valence electrons. The second-order valence-electron chi connectivity index (χ2n) is 10.5. The Morgan fingerprint density at radius 3 is 2.74 bits per heavy atom. The van der Waals surface area contributed by atoms with Crippen molar-refractivity contribution in [2.24, 2.45) is 34.0 Å². The number of rotatable bonds is 2. The molecule has 6 fully saturated rings. The number of hydrogen-bond acceptors (Lipinski definition) is 4. The fourth-order valence-corrected chi connectivity index (χ4v) is 8.67. The van der Waals surface area contributed by atoms with Crippen LogP contribution in [0.3, 0.4) is 0 Å². The van der Waals surface area contributed by atoms with Crippen molar-refractivity contribution in [3.05, 3.63) is 24.3 Å². The summed E-state index contributed by atoms with van der Waals surface area (Å²) in [5, 5.41) is 20.8. The number of aliphatic hydroxyl groups is 2. The Kier molecular flexibility index (Phi) is 3.72. The SMILES string of the molecule is C=C1C(=O)[C@@]23CC[C@@H](CC2[C@@]24CCC[C@@](C)(CN(CCO)C2)C14)C(=C)[C@@H]3O. The Morgan fingerprint density at radius 2 is 2.00 bits per heavy atom. The number of fused-ring (bicyclic) bond motifs is 2. The zero-order valence-electron chi connectivity index (χ0n) is 16.5. The highest BCUT2D eigenvalue weighted by molar-refractivity contribution is 6.02. The molecular formula is C23H33NO3. The minimum absolute atomic E-state index is 0.00572. The smallest absolute Gasteiger partial charge is 0.167 e. The minimum atomic E-state index is -0.712. The highest BCUT2D eigenvalue weighted by Gasteiger charge is 2.73. The van der Waals surface area contributed by atoms with Crippen LogP contribution in [0.5, 0.6) is 0 Å². The average Bonchev–Trinajstić information content (AvgIpc) is 2.62. The number of likely N-dealkylation sites (tertiary alicyclic amines) is 1. The van der Waals surface area contributed by atoms with E-state index >= 15 is 0 Å². The van der Waals surface area contributed by atoms with Crippen molar-refractivity contribution in [3.8, 4) is 0 Å². The van der Waals surface area contributed by atoms with Gasteiger partial charge in [-0.25, -0.2) is 0 Å². The summed E-state index contributed by atoms with van der Waals surface area (Å²) in [5.41, 5.74) is 1.02. The second kappa shape index (κ2) is 5.55. The van der Waals surface area contributed by atoms with Crippen molar-refractivity contribution in [1.29, 1.82) is 0 Å². The van der Waals surface area contributed by atoms with Gasteiger partial charge >= 0.3 is 0 Å². The monoisotopic (exact) mass is 371 g/mol. The predicted molar refractivity (Wildman–Crippen MR) is 104 cm³/mol. The molecule has 0 aromatic heterocycles. The zero-order chi connectivity index (χ0) is 19.2. The predicted octanol–water partition coefficient (Wildman–Crippen LogP) is 2.56. The second-order valence-corrected chi connectivity index (χ2v) is 10.5. The Morgan fingerprint density at radius 1 is 1.22 bits per heavy atom. The molecule has 2 N–H and O–H groups in total. The van der Waals surface area contributed by atoms with Gasteiger partial charge in [0, 0.05) is 25.6 Å². The van der Waals surface area contributed by atoms with E-state index in [2.05, 4.69) is 25.0 Å². The third-order valence-electron chi connectivity index (χ3n) is 9.35. The summed E-state index contributed by atoms with van der Waals surface area (Å²) in [6.45, 7) is 13.6. The fourth-order valence-electron chi connectivity index (χ4n) is 8.67. The van der Waals surface area contributed by atoms with Crippen LogP contribution >= 0.6 is 0 Å². The number of carbonyl (C=O) groups excluding carboxylic acids is 1. The number of hydrogen-bond donors (Lipinski definition) is 2. The quantitative estimate of drug-likeness (QED) is 0.579.